The van der Waals surface area contributed by atoms with Gasteiger partial charge in [0, 0.05) is 21.5 Å². The lowest BCUT2D eigenvalue weighted by Crippen LogP contribution is -2.49. The molecule has 1 aliphatic carbocycles. The minimum atomic E-state index is -1.59. The van der Waals surface area contributed by atoms with Gasteiger partial charge in [0.2, 0.25) is 0 Å². The van der Waals surface area contributed by atoms with Crippen molar-refractivity contribution in [3.8, 4) is 5.75 Å². The molecule has 2 aliphatic rings. The van der Waals surface area contributed by atoms with Gasteiger partial charge in [-0.25, -0.2) is 4.79 Å². The Morgan fingerprint density at radius 1 is 1.28 bits per heavy atom. The molecule has 25 heavy (non-hydrogen) atoms. The van der Waals surface area contributed by atoms with Gasteiger partial charge in [-0.05, 0) is 38.5 Å². The van der Waals surface area contributed by atoms with Gasteiger partial charge >= 0.3 is 17.9 Å². The highest BCUT2D eigenvalue weighted by molar-refractivity contribution is 9.10. The number of benzene rings is 1. The molecule has 1 heterocycles. The minimum absolute atomic E-state index is 0.0371. The Bertz CT molecular complexity index is 784. The number of hydrogen-bond acceptors (Lipinski definition) is 6. The van der Waals surface area contributed by atoms with Crippen LogP contribution in [0.25, 0.3) is 0 Å². The first-order chi connectivity index (χ1) is 12.0. The van der Waals surface area contributed by atoms with Crippen molar-refractivity contribution in [2.75, 3.05) is 13.2 Å². The summed E-state index contributed by atoms with van der Waals surface area (Å²) in [5.41, 5.74) is -0.726. The first-order valence-corrected chi connectivity index (χ1v) is 8.81. The quantitative estimate of drug-likeness (QED) is 0.432. The summed E-state index contributed by atoms with van der Waals surface area (Å²) in [6, 6.07) is 5.11. The molecule has 6 nitrogen and oxygen atoms in total. The molecule has 0 aromatic heterocycles. The van der Waals surface area contributed by atoms with Gasteiger partial charge in [0.25, 0.3) is 0 Å². The van der Waals surface area contributed by atoms with Gasteiger partial charge in [-0.15, -0.1) is 0 Å². The molecular formula is C18H17BrO6. The number of allylic oxidation sites excluding steroid dienone is 1. The molecule has 2 atom stereocenters. The molecular weight excluding hydrogens is 392 g/mol. The predicted octanol–water partition coefficient (Wildman–Crippen LogP) is 2.89. The summed E-state index contributed by atoms with van der Waals surface area (Å²) in [5, 5.41) is 0. The minimum Gasteiger partial charge on any atom is -0.465 e. The SMILES string of the molecule is CCOC(=O)C1=CCC2(C(=O)OCC)C(=O)Oc3ccc(Br)cc3C12. The topological polar surface area (TPSA) is 78.9 Å². The Balaban J connectivity index is 2.17. The number of carbonyl (C=O) groups excluding carboxylic acids is 3. The average Bonchev–Trinajstić information content (AvgIpc) is 2.99. The highest BCUT2D eigenvalue weighted by atomic mass is 79.9. The molecule has 0 bridgehead atoms. The molecule has 0 saturated carbocycles. The van der Waals surface area contributed by atoms with E-state index in [1.807, 2.05) is 0 Å². The Kier molecular flexibility index (Phi) is 4.69. The molecule has 3 rings (SSSR count). The smallest absolute Gasteiger partial charge is 0.334 e. The summed E-state index contributed by atoms with van der Waals surface area (Å²) in [6.07, 6.45) is 1.62. The second-order valence-electron chi connectivity index (χ2n) is 5.78. The summed E-state index contributed by atoms with van der Waals surface area (Å²) in [4.78, 5) is 37.9. The van der Waals surface area contributed by atoms with Crippen LogP contribution in [0.4, 0.5) is 0 Å². The van der Waals surface area contributed by atoms with Crippen LogP contribution < -0.4 is 4.74 Å². The predicted molar refractivity (Wildman–Crippen MR) is 90.9 cm³/mol. The van der Waals surface area contributed by atoms with Crippen LogP contribution in [0.15, 0.2) is 34.3 Å². The van der Waals surface area contributed by atoms with Crippen molar-refractivity contribution in [1.82, 2.24) is 0 Å². The highest BCUT2D eigenvalue weighted by Gasteiger charge is 2.63. The third kappa shape index (κ3) is 2.66. The van der Waals surface area contributed by atoms with E-state index in [4.69, 9.17) is 14.2 Å². The van der Waals surface area contributed by atoms with Crippen LogP contribution in [0.3, 0.4) is 0 Å². The fraction of sp³-hybridized carbons (Fsp3) is 0.389. The van der Waals surface area contributed by atoms with Gasteiger partial charge < -0.3 is 14.2 Å². The maximum atomic E-state index is 12.8. The first-order valence-electron chi connectivity index (χ1n) is 8.01. The molecule has 7 heteroatoms. The van der Waals surface area contributed by atoms with Crippen molar-refractivity contribution in [3.63, 3.8) is 0 Å². The summed E-state index contributed by atoms with van der Waals surface area (Å²) in [7, 11) is 0. The summed E-state index contributed by atoms with van der Waals surface area (Å²) < 4.78 is 16.4. The molecule has 1 aliphatic heterocycles. The third-order valence-corrected chi connectivity index (χ3v) is 4.94. The number of fused-ring (bicyclic) bond motifs is 3. The van der Waals surface area contributed by atoms with Crippen LogP contribution in [0.2, 0.25) is 0 Å². The van der Waals surface area contributed by atoms with Crippen molar-refractivity contribution >= 4 is 33.8 Å². The summed E-state index contributed by atoms with van der Waals surface area (Å²) in [5.74, 6) is -2.40. The Morgan fingerprint density at radius 3 is 2.68 bits per heavy atom. The van der Waals surface area contributed by atoms with Gasteiger partial charge in [0.15, 0.2) is 5.41 Å². The van der Waals surface area contributed by atoms with Crippen LogP contribution in [0.1, 0.15) is 31.7 Å². The number of rotatable bonds is 4. The van der Waals surface area contributed by atoms with E-state index in [1.54, 1.807) is 38.1 Å². The molecule has 0 radical (unpaired) electrons. The standard InChI is InChI=1S/C18H17BrO6/c1-3-23-15(20)11-7-8-18(16(21)24-4-2)14(11)12-9-10(19)5-6-13(12)25-17(18)22/h5-7,9,14H,3-4,8H2,1-2H3. The van der Waals surface area contributed by atoms with Crippen molar-refractivity contribution in [2.45, 2.75) is 26.2 Å². The van der Waals surface area contributed by atoms with Crippen molar-refractivity contribution in [1.29, 1.82) is 0 Å². The van der Waals surface area contributed by atoms with E-state index in [-0.39, 0.29) is 25.2 Å². The van der Waals surface area contributed by atoms with Gasteiger partial charge in [0.05, 0.1) is 13.2 Å². The van der Waals surface area contributed by atoms with Crippen LogP contribution in [-0.2, 0) is 23.9 Å². The fourth-order valence-electron chi connectivity index (χ4n) is 3.40. The van der Waals surface area contributed by atoms with Crippen molar-refractivity contribution in [2.24, 2.45) is 5.41 Å². The van der Waals surface area contributed by atoms with Crippen LogP contribution >= 0.6 is 15.9 Å². The Morgan fingerprint density at radius 2 is 2.00 bits per heavy atom. The molecule has 2 unspecified atom stereocenters. The zero-order chi connectivity index (χ0) is 18.2. The van der Waals surface area contributed by atoms with E-state index < -0.39 is 29.2 Å². The molecule has 1 aromatic carbocycles. The number of esters is 3. The van der Waals surface area contributed by atoms with Crippen LogP contribution in [0, 0.1) is 5.41 Å². The van der Waals surface area contributed by atoms with Crippen molar-refractivity contribution < 1.29 is 28.6 Å². The number of hydrogen-bond donors (Lipinski definition) is 0. The van der Waals surface area contributed by atoms with E-state index in [0.717, 1.165) is 4.47 Å². The van der Waals surface area contributed by atoms with Gasteiger partial charge in [0.1, 0.15) is 5.75 Å². The molecule has 1 aromatic rings. The summed E-state index contributed by atoms with van der Waals surface area (Å²) in [6.45, 7) is 3.69. The zero-order valence-corrected chi connectivity index (χ0v) is 15.4. The zero-order valence-electron chi connectivity index (χ0n) is 13.8. The maximum Gasteiger partial charge on any atom is 0.334 e. The van der Waals surface area contributed by atoms with E-state index in [1.165, 1.54) is 0 Å². The Hall–Kier alpha value is -2.15. The molecule has 0 saturated heterocycles. The first kappa shape index (κ1) is 17.7. The highest BCUT2D eigenvalue weighted by Crippen LogP contribution is 2.56. The second kappa shape index (κ2) is 6.63. The van der Waals surface area contributed by atoms with Crippen LogP contribution in [-0.4, -0.2) is 31.1 Å². The van der Waals surface area contributed by atoms with Gasteiger partial charge in [-0.3, -0.25) is 9.59 Å². The molecule has 0 fully saturated rings. The van der Waals surface area contributed by atoms with Crippen LogP contribution in [0.5, 0.6) is 5.75 Å². The van der Waals surface area contributed by atoms with Gasteiger partial charge in [-0.1, -0.05) is 22.0 Å². The maximum absolute atomic E-state index is 12.8. The van der Waals surface area contributed by atoms with E-state index >= 15 is 0 Å². The lowest BCUT2D eigenvalue weighted by atomic mass is 9.69. The van der Waals surface area contributed by atoms with E-state index in [2.05, 4.69) is 15.9 Å². The van der Waals surface area contributed by atoms with Crippen molar-refractivity contribution in [3.05, 3.63) is 39.9 Å². The number of carbonyl (C=O) groups is 3. The molecule has 0 amide bonds. The lowest BCUT2D eigenvalue weighted by Gasteiger charge is -2.37. The Labute approximate surface area is 153 Å². The molecule has 0 spiro atoms. The van der Waals surface area contributed by atoms with Gasteiger partial charge in [-0.2, -0.15) is 0 Å². The number of halogens is 1. The lowest BCUT2D eigenvalue weighted by molar-refractivity contribution is -0.169. The largest absolute Gasteiger partial charge is 0.465 e. The normalized spacial score (nSPS) is 23.9. The molecule has 132 valence electrons. The van der Waals surface area contributed by atoms with E-state index in [9.17, 15) is 14.4 Å². The summed E-state index contributed by atoms with van der Waals surface area (Å²) >= 11 is 3.38. The third-order valence-electron chi connectivity index (χ3n) is 4.45. The van der Waals surface area contributed by atoms with E-state index in [0.29, 0.717) is 11.3 Å². The number of ether oxygens (including phenoxy) is 3. The molecule has 0 N–H and O–H groups in total. The fourth-order valence-corrected chi connectivity index (χ4v) is 3.77. The second-order valence-corrected chi connectivity index (χ2v) is 6.70. The average molecular weight is 409 g/mol. The monoisotopic (exact) mass is 408 g/mol.